The number of nitrogens with one attached hydrogen (secondary N) is 1. The first kappa shape index (κ1) is 16.8. The van der Waals surface area contributed by atoms with Crippen LogP contribution in [0.1, 0.15) is 39.0 Å². The quantitative estimate of drug-likeness (QED) is 0.720. The van der Waals surface area contributed by atoms with E-state index >= 15 is 0 Å². The van der Waals surface area contributed by atoms with Crippen LogP contribution in [0.5, 0.6) is 0 Å². The van der Waals surface area contributed by atoms with E-state index in [0.717, 1.165) is 38.9 Å². The standard InChI is InChI=1S/C15H27N3O2/c1-4-13(19)15(16)12-7-10-18(11-8-12)9-5-6-14(20)17(2)3/h12,16H,4-11H2,1-3H3. The van der Waals surface area contributed by atoms with Gasteiger partial charge in [-0.2, -0.15) is 0 Å². The number of rotatable bonds is 7. The lowest BCUT2D eigenvalue weighted by Gasteiger charge is -2.31. The highest BCUT2D eigenvalue weighted by molar-refractivity contribution is 6.39. The molecule has 1 fully saturated rings. The summed E-state index contributed by atoms with van der Waals surface area (Å²) < 4.78 is 0. The third-order valence-corrected chi connectivity index (χ3v) is 3.98. The zero-order valence-electron chi connectivity index (χ0n) is 12.9. The van der Waals surface area contributed by atoms with Gasteiger partial charge >= 0.3 is 0 Å². The number of piperidine rings is 1. The van der Waals surface area contributed by atoms with Gasteiger partial charge < -0.3 is 15.2 Å². The molecule has 0 aromatic carbocycles. The summed E-state index contributed by atoms with van der Waals surface area (Å²) in [6.45, 7) is 4.61. The number of carbonyl (C=O) groups is 2. The normalized spacial score (nSPS) is 16.9. The number of amides is 1. The number of carbonyl (C=O) groups excluding carboxylic acids is 2. The molecule has 5 nitrogen and oxygen atoms in total. The molecule has 1 heterocycles. The van der Waals surface area contributed by atoms with E-state index in [-0.39, 0.29) is 17.6 Å². The molecule has 1 rings (SSSR count). The Morgan fingerprint density at radius 3 is 2.35 bits per heavy atom. The molecule has 1 N–H and O–H groups in total. The Balaban J connectivity index is 2.24. The van der Waals surface area contributed by atoms with Crippen LogP contribution in [-0.4, -0.2) is 60.9 Å². The second-order valence-electron chi connectivity index (χ2n) is 5.70. The molecule has 1 amide bonds. The molecular formula is C15H27N3O2. The van der Waals surface area contributed by atoms with Gasteiger partial charge in [-0.1, -0.05) is 6.92 Å². The molecule has 1 aliphatic heterocycles. The summed E-state index contributed by atoms with van der Waals surface area (Å²) in [6.07, 6.45) is 3.70. The van der Waals surface area contributed by atoms with Crippen molar-refractivity contribution in [1.29, 1.82) is 5.41 Å². The summed E-state index contributed by atoms with van der Waals surface area (Å²) in [5.41, 5.74) is 0.315. The summed E-state index contributed by atoms with van der Waals surface area (Å²) in [7, 11) is 3.56. The maximum absolute atomic E-state index is 11.5. The van der Waals surface area contributed by atoms with E-state index in [0.29, 0.717) is 18.6 Å². The summed E-state index contributed by atoms with van der Waals surface area (Å²) in [5, 5.41) is 7.88. The van der Waals surface area contributed by atoms with Crippen molar-refractivity contribution in [2.75, 3.05) is 33.7 Å². The van der Waals surface area contributed by atoms with E-state index in [4.69, 9.17) is 5.41 Å². The van der Waals surface area contributed by atoms with Gasteiger partial charge in [0.05, 0.1) is 5.71 Å². The Morgan fingerprint density at radius 1 is 1.25 bits per heavy atom. The predicted octanol–water partition coefficient (Wildman–Crippen LogP) is 1.57. The van der Waals surface area contributed by atoms with Crippen LogP contribution in [0.4, 0.5) is 0 Å². The highest BCUT2D eigenvalue weighted by Gasteiger charge is 2.25. The van der Waals surface area contributed by atoms with Crippen LogP contribution in [0.15, 0.2) is 0 Å². The number of hydrogen-bond acceptors (Lipinski definition) is 4. The summed E-state index contributed by atoms with van der Waals surface area (Å²) >= 11 is 0. The molecule has 0 saturated carbocycles. The Morgan fingerprint density at radius 2 is 1.85 bits per heavy atom. The third-order valence-electron chi connectivity index (χ3n) is 3.98. The predicted molar refractivity (Wildman–Crippen MR) is 80.1 cm³/mol. The van der Waals surface area contributed by atoms with Crippen molar-refractivity contribution in [3.05, 3.63) is 0 Å². The van der Waals surface area contributed by atoms with Crippen LogP contribution in [0.3, 0.4) is 0 Å². The lowest BCUT2D eigenvalue weighted by Crippen LogP contribution is -2.38. The lowest BCUT2D eigenvalue weighted by molar-refractivity contribution is -0.128. The van der Waals surface area contributed by atoms with Crippen molar-refractivity contribution in [2.45, 2.75) is 39.0 Å². The fourth-order valence-corrected chi connectivity index (χ4v) is 2.54. The Bertz CT molecular complexity index is 358. The van der Waals surface area contributed by atoms with Crippen molar-refractivity contribution < 1.29 is 9.59 Å². The maximum Gasteiger partial charge on any atom is 0.222 e. The highest BCUT2D eigenvalue weighted by Crippen LogP contribution is 2.19. The van der Waals surface area contributed by atoms with Crippen molar-refractivity contribution >= 4 is 17.4 Å². The minimum atomic E-state index is -0.0139. The first-order valence-electron chi connectivity index (χ1n) is 7.49. The smallest absolute Gasteiger partial charge is 0.222 e. The van der Waals surface area contributed by atoms with Crippen LogP contribution in [0.25, 0.3) is 0 Å². The van der Waals surface area contributed by atoms with E-state index in [9.17, 15) is 9.59 Å². The zero-order valence-corrected chi connectivity index (χ0v) is 12.9. The van der Waals surface area contributed by atoms with Gasteiger partial charge in [0.15, 0.2) is 5.78 Å². The van der Waals surface area contributed by atoms with Crippen molar-refractivity contribution in [3.8, 4) is 0 Å². The van der Waals surface area contributed by atoms with Crippen LogP contribution in [-0.2, 0) is 9.59 Å². The summed E-state index contributed by atoms with van der Waals surface area (Å²) in [4.78, 5) is 27.0. The number of hydrogen-bond donors (Lipinski definition) is 1. The topological polar surface area (TPSA) is 64.5 Å². The van der Waals surface area contributed by atoms with Crippen LogP contribution in [0.2, 0.25) is 0 Å². The molecule has 0 bridgehead atoms. The zero-order chi connectivity index (χ0) is 15.1. The third kappa shape index (κ3) is 5.04. The van der Waals surface area contributed by atoms with Crippen molar-refractivity contribution in [1.82, 2.24) is 9.80 Å². The monoisotopic (exact) mass is 281 g/mol. The van der Waals surface area contributed by atoms with E-state index in [1.165, 1.54) is 0 Å². The SMILES string of the molecule is CCC(=O)C(=N)C1CCN(CCCC(=O)N(C)C)CC1. The van der Waals surface area contributed by atoms with Crippen molar-refractivity contribution in [2.24, 2.45) is 5.92 Å². The average Bonchev–Trinajstić information content (AvgIpc) is 2.46. The number of Topliss-reactive ketones (excluding diaryl/α,β-unsaturated/α-hetero) is 1. The maximum atomic E-state index is 11.5. The molecule has 0 unspecified atom stereocenters. The first-order chi connectivity index (χ1) is 9.45. The fourth-order valence-electron chi connectivity index (χ4n) is 2.54. The van der Waals surface area contributed by atoms with Gasteiger partial charge in [0.25, 0.3) is 0 Å². The van der Waals surface area contributed by atoms with Gasteiger partial charge in [0.2, 0.25) is 5.91 Å². The van der Waals surface area contributed by atoms with E-state index in [1.807, 2.05) is 6.92 Å². The molecule has 0 radical (unpaired) electrons. The molecule has 114 valence electrons. The summed E-state index contributed by atoms with van der Waals surface area (Å²) in [6, 6.07) is 0. The number of ketones is 1. The molecule has 1 aliphatic rings. The van der Waals surface area contributed by atoms with Crippen LogP contribution < -0.4 is 0 Å². The minimum absolute atomic E-state index is 0.0139. The van der Waals surface area contributed by atoms with Crippen LogP contribution in [0, 0.1) is 11.3 Å². The average molecular weight is 281 g/mol. The molecule has 0 aromatic rings. The van der Waals surface area contributed by atoms with Gasteiger partial charge in [-0.3, -0.25) is 9.59 Å². The van der Waals surface area contributed by atoms with Gasteiger partial charge in [-0.15, -0.1) is 0 Å². The Labute approximate surface area is 121 Å². The van der Waals surface area contributed by atoms with Crippen LogP contribution >= 0.6 is 0 Å². The second-order valence-corrected chi connectivity index (χ2v) is 5.70. The van der Waals surface area contributed by atoms with E-state index in [2.05, 4.69) is 4.90 Å². The molecule has 1 saturated heterocycles. The molecule has 20 heavy (non-hydrogen) atoms. The minimum Gasteiger partial charge on any atom is -0.349 e. The largest absolute Gasteiger partial charge is 0.349 e. The number of nitrogens with zero attached hydrogens (tertiary/aromatic N) is 2. The molecule has 0 aromatic heterocycles. The van der Waals surface area contributed by atoms with Gasteiger partial charge in [-0.25, -0.2) is 0 Å². The lowest BCUT2D eigenvalue weighted by atomic mass is 9.89. The molecular weight excluding hydrogens is 254 g/mol. The highest BCUT2D eigenvalue weighted by atomic mass is 16.2. The Hall–Kier alpha value is -1.23. The molecule has 5 heteroatoms. The second kappa shape index (κ2) is 8.15. The van der Waals surface area contributed by atoms with Crippen molar-refractivity contribution in [3.63, 3.8) is 0 Å². The van der Waals surface area contributed by atoms with E-state index in [1.54, 1.807) is 19.0 Å². The van der Waals surface area contributed by atoms with E-state index < -0.39 is 0 Å². The fraction of sp³-hybridized carbons (Fsp3) is 0.800. The number of likely N-dealkylation sites (tertiary alicyclic amines) is 1. The van der Waals surface area contributed by atoms with Gasteiger partial charge in [-0.05, 0) is 38.9 Å². The Kier molecular flexibility index (Phi) is 6.85. The molecule has 0 aliphatic carbocycles. The van der Waals surface area contributed by atoms with Gasteiger partial charge in [0.1, 0.15) is 0 Å². The van der Waals surface area contributed by atoms with Gasteiger partial charge in [0, 0.05) is 32.9 Å². The first-order valence-corrected chi connectivity index (χ1v) is 7.49. The molecule has 0 spiro atoms. The summed E-state index contributed by atoms with van der Waals surface area (Å²) in [5.74, 6) is 0.303. The molecule has 0 atom stereocenters.